The van der Waals surface area contributed by atoms with Crippen LogP contribution in [0.3, 0.4) is 0 Å². The largest absolute Gasteiger partial charge is 0.357 e. The Morgan fingerprint density at radius 3 is 2.52 bits per heavy atom. The number of rotatable bonds is 6. The molecule has 1 aromatic carbocycles. The molecule has 0 aromatic heterocycles. The lowest BCUT2D eigenvalue weighted by atomic mass is 9.80. The fraction of sp³-hybridized carbons (Fsp3) is 0.619. The van der Waals surface area contributed by atoms with Gasteiger partial charge < -0.3 is 16.0 Å². The molecule has 0 aliphatic heterocycles. The molecule has 152 valence electrons. The van der Waals surface area contributed by atoms with E-state index in [1.807, 2.05) is 24.3 Å². The van der Waals surface area contributed by atoms with Gasteiger partial charge in [-0.3, -0.25) is 9.79 Å². The molecular weight excluding hydrogens is 451 g/mol. The van der Waals surface area contributed by atoms with Gasteiger partial charge in [0.05, 0.1) is 0 Å². The molecule has 0 bridgehead atoms. The molecule has 6 heteroatoms. The van der Waals surface area contributed by atoms with Crippen molar-refractivity contribution >= 4 is 35.8 Å². The lowest BCUT2D eigenvalue weighted by Crippen LogP contribution is -2.46. The van der Waals surface area contributed by atoms with Crippen molar-refractivity contribution in [2.45, 2.75) is 52.5 Å². The van der Waals surface area contributed by atoms with Gasteiger partial charge in [0.15, 0.2) is 5.96 Å². The van der Waals surface area contributed by atoms with Gasteiger partial charge in [0.25, 0.3) is 5.91 Å². The van der Waals surface area contributed by atoms with Gasteiger partial charge in [0.2, 0.25) is 0 Å². The van der Waals surface area contributed by atoms with Gasteiger partial charge in [-0.15, -0.1) is 24.0 Å². The van der Waals surface area contributed by atoms with Gasteiger partial charge in [0, 0.05) is 31.7 Å². The Morgan fingerprint density at radius 2 is 1.89 bits per heavy atom. The van der Waals surface area contributed by atoms with Crippen LogP contribution in [0.4, 0.5) is 0 Å². The van der Waals surface area contributed by atoms with Crippen molar-refractivity contribution in [1.29, 1.82) is 0 Å². The number of carbonyl (C=O) groups excluding carboxylic acids is 1. The van der Waals surface area contributed by atoms with E-state index in [9.17, 15) is 4.79 Å². The number of aliphatic imine (C=N–C) groups is 1. The van der Waals surface area contributed by atoms with E-state index in [-0.39, 0.29) is 29.9 Å². The Morgan fingerprint density at radius 1 is 1.19 bits per heavy atom. The van der Waals surface area contributed by atoms with Crippen LogP contribution in [0.2, 0.25) is 0 Å². The van der Waals surface area contributed by atoms with E-state index in [1.165, 1.54) is 19.3 Å². The molecule has 2 atom stereocenters. The van der Waals surface area contributed by atoms with E-state index in [1.54, 1.807) is 7.05 Å². The number of nitrogens with one attached hydrogen (secondary N) is 3. The highest BCUT2D eigenvalue weighted by molar-refractivity contribution is 14.0. The summed E-state index contributed by atoms with van der Waals surface area (Å²) in [6.45, 7) is 8.33. The van der Waals surface area contributed by atoms with Crippen molar-refractivity contribution in [3.05, 3.63) is 35.4 Å². The molecule has 27 heavy (non-hydrogen) atoms. The summed E-state index contributed by atoms with van der Waals surface area (Å²) in [5.41, 5.74) is 1.83. The second-order valence-electron chi connectivity index (χ2n) is 7.55. The molecule has 1 amide bonds. The van der Waals surface area contributed by atoms with Crippen LogP contribution in [0.15, 0.2) is 29.3 Å². The molecule has 1 saturated carbocycles. The van der Waals surface area contributed by atoms with E-state index >= 15 is 0 Å². The third kappa shape index (κ3) is 8.07. The highest BCUT2D eigenvalue weighted by atomic mass is 127. The predicted octanol–water partition coefficient (Wildman–Crippen LogP) is 3.59. The van der Waals surface area contributed by atoms with Crippen LogP contribution in [0, 0.1) is 11.8 Å². The van der Waals surface area contributed by atoms with Crippen LogP contribution < -0.4 is 16.0 Å². The number of hydrogen-bond donors (Lipinski definition) is 3. The van der Waals surface area contributed by atoms with Gasteiger partial charge in [-0.05, 0) is 62.1 Å². The quantitative estimate of drug-likeness (QED) is 0.327. The van der Waals surface area contributed by atoms with Gasteiger partial charge in [-0.25, -0.2) is 0 Å². The molecule has 0 spiro atoms. The van der Waals surface area contributed by atoms with E-state index in [0.717, 1.165) is 36.3 Å². The van der Waals surface area contributed by atoms with Crippen molar-refractivity contribution in [3.63, 3.8) is 0 Å². The van der Waals surface area contributed by atoms with Gasteiger partial charge in [0.1, 0.15) is 0 Å². The number of guanidine groups is 1. The van der Waals surface area contributed by atoms with Crippen molar-refractivity contribution in [2.75, 3.05) is 20.1 Å². The molecule has 1 aromatic rings. The number of benzene rings is 1. The van der Waals surface area contributed by atoms with Crippen molar-refractivity contribution in [3.8, 4) is 0 Å². The Labute approximate surface area is 181 Å². The predicted molar refractivity (Wildman–Crippen MR) is 124 cm³/mol. The molecule has 1 aliphatic carbocycles. The summed E-state index contributed by atoms with van der Waals surface area (Å²) < 4.78 is 0. The van der Waals surface area contributed by atoms with E-state index in [2.05, 4.69) is 36.7 Å². The summed E-state index contributed by atoms with van der Waals surface area (Å²) in [4.78, 5) is 16.5. The minimum Gasteiger partial charge on any atom is -0.357 e. The summed E-state index contributed by atoms with van der Waals surface area (Å²) in [6.07, 6.45) is 4.57. The molecule has 1 aliphatic rings. The monoisotopic (exact) mass is 486 g/mol. The summed E-state index contributed by atoms with van der Waals surface area (Å²) in [5.74, 6) is 2.39. The standard InChI is InChI=1S/C21H34N4O.HI/c1-5-23-21(25-19-12-15(2)11-16(3)13-19)24-10-9-17-7-6-8-18(14-17)20(26)22-4;/h6-8,14-16,19H,5,9-13H2,1-4H3,(H,22,26)(H2,23,24,25);1H. The Balaban J connectivity index is 0.00000364. The maximum atomic E-state index is 11.7. The minimum absolute atomic E-state index is 0. The lowest BCUT2D eigenvalue weighted by Gasteiger charge is -2.32. The van der Waals surface area contributed by atoms with E-state index < -0.39 is 0 Å². The summed E-state index contributed by atoms with van der Waals surface area (Å²) in [6, 6.07) is 8.26. The first-order chi connectivity index (χ1) is 12.5. The highest BCUT2D eigenvalue weighted by Gasteiger charge is 2.24. The van der Waals surface area contributed by atoms with E-state index in [0.29, 0.717) is 18.2 Å². The number of amides is 1. The van der Waals surface area contributed by atoms with Crippen LogP contribution in [0.1, 0.15) is 56.0 Å². The van der Waals surface area contributed by atoms with Crippen molar-refractivity contribution in [2.24, 2.45) is 16.8 Å². The normalized spacial score (nSPS) is 22.5. The second kappa shape index (κ2) is 12.2. The topological polar surface area (TPSA) is 65.5 Å². The molecule has 0 heterocycles. The SMILES string of the molecule is CCNC(=NCCc1cccc(C(=O)NC)c1)NC1CC(C)CC(C)C1.I. The van der Waals surface area contributed by atoms with Crippen molar-refractivity contribution < 1.29 is 4.79 Å². The highest BCUT2D eigenvalue weighted by Crippen LogP contribution is 2.28. The molecule has 1 fully saturated rings. The Bertz CT molecular complexity index is 610. The minimum atomic E-state index is -0.0501. The zero-order valence-corrected chi connectivity index (χ0v) is 19.4. The first-order valence-corrected chi connectivity index (χ1v) is 9.87. The number of nitrogens with zero attached hydrogens (tertiary/aromatic N) is 1. The molecule has 0 saturated heterocycles. The first kappa shape index (κ1) is 23.7. The third-order valence-electron chi connectivity index (χ3n) is 4.95. The average molecular weight is 486 g/mol. The van der Waals surface area contributed by atoms with Crippen LogP contribution in [0.25, 0.3) is 0 Å². The molecule has 2 unspecified atom stereocenters. The lowest BCUT2D eigenvalue weighted by molar-refractivity contribution is 0.0963. The van der Waals surface area contributed by atoms with Crippen LogP contribution in [-0.4, -0.2) is 38.0 Å². The van der Waals surface area contributed by atoms with Gasteiger partial charge >= 0.3 is 0 Å². The zero-order chi connectivity index (χ0) is 18.9. The summed E-state index contributed by atoms with van der Waals surface area (Å²) in [7, 11) is 1.65. The van der Waals surface area contributed by atoms with Crippen LogP contribution in [0.5, 0.6) is 0 Å². The smallest absolute Gasteiger partial charge is 0.251 e. The molecular formula is C21H35IN4O. The maximum Gasteiger partial charge on any atom is 0.251 e. The third-order valence-corrected chi connectivity index (χ3v) is 4.95. The molecule has 0 radical (unpaired) electrons. The number of halogens is 1. The van der Waals surface area contributed by atoms with Crippen LogP contribution >= 0.6 is 24.0 Å². The Kier molecular flexibility index (Phi) is 10.7. The maximum absolute atomic E-state index is 11.7. The zero-order valence-electron chi connectivity index (χ0n) is 17.0. The van der Waals surface area contributed by atoms with E-state index in [4.69, 9.17) is 4.99 Å². The molecule has 5 nitrogen and oxygen atoms in total. The van der Waals surface area contributed by atoms with Crippen LogP contribution in [-0.2, 0) is 6.42 Å². The number of carbonyl (C=O) groups is 1. The average Bonchev–Trinajstić information content (AvgIpc) is 2.60. The van der Waals surface area contributed by atoms with Crippen molar-refractivity contribution in [1.82, 2.24) is 16.0 Å². The fourth-order valence-corrected chi connectivity index (χ4v) is 3.89. The Hall–Kier alpha value is -1.31. The number of hydrogen-bond acceptors (Lipinski definition) is 2. The second-order valence-corrected chi connectivity index (χ2v) is 7.55. The first-order valence-electron chi connectivity index (χ1n) is 9.87. The molecule has 3 N–H and O–H groups in total. The van der Waals surface area contributed by atoms with Gasteiger partial charge in [-0.2, -0.15) is 0 Å². The summed E-state index contributed by atoms with van der Waals surface area (Å²) in [5, 5.41) is 9.64. The van der Waals surface area contributed by atoms with Gasteiger partial charge in [-0.1, -0.05) is 26.0 Å². The summed E-state index contributed by atoms with van der Waals surface area (Å²) >= 11 is 0. The fourth-order valence-electron chi connectivity index (χ4n) is 3.89. The molecule has 2 rings (SSSR count).